The fraction of sp³-hybridized carbons (Fsp3) is 0.259. The van der Waals surface area contributed by atoms with Gasteiger partial charge in [0.15, 0.2) is 0 Å². The number of carbonyl (C=O) groups is 2. The second-order valence-corrected chi connectivity index (χ2v) is 8.45. The van der Waals surface area contributed by atoms with Crippen LogP contribution < -0.4 is 5.73 Å². The molecule has 3 aromatic carbocycles. The largest absolute Gasteiger partial charge is 0.461 e. The number of ether oxygens (including phenoxy) is 1. The molecule has 0 radical (unpaired) electrons. The second kappa shape index (κ2) is 10.1. The van der Waals surface area contributed by atoms with Gasteiger partial charge in [0.1, 0.15) is 23.7 Å². The number of nitrogens with zero attached hydrogens (tertiary/aromatic N) is 1. The highest BCUT2D eigenvalue weighted by molar-refractivity contribution is 5.91. The first-order valence-electron chi connectivity index (χ1n) is 11.2. The molecule has 1 unspecified atom stereocenters. The van der Waals surface area contributed by atoms with Gasteiger partial charge in [-0.05, 0) is 48.2 Å². The molecule has 0 aromatic heterocycles. The molecule has 0 aliphatic carbocycles. The summed E-state index contributed by atoms with van der Waals surface area (Å²) in [4.78, 5) is 27.4. The van der Waals surface area contributed by atoms with E-state index in [2.05, 4.69) is 4.90 Å². The van der Waals surface area contributed by atoms with Crippen molar-refractivity contribution in [1.82, 2.24) is 4.90 Å². The minimum Gasteiger partial charge on any atom is -0.461 e. The van der Waals surface area contributed by atoms with Crippen LogP contribution in [0.1, 0.15) is 27.9 Å². The highest BCUT2D eigenvalue weighted by Gasteiger charge is 2.49. The minimum atomic E-state index is -1.00. The Balaban J connectivity index is 1.49. The summed E-state index contributed by atoms with van der Waals surface area (Å²) in [6.07, 6.45) is 0.721. The average molecular weight is 465 g/mol. The zero-order valence-electron chi connectivity index (χ0n) is 18.6. The lowest BCUT2D eigenvalue weighted by Crippen LogP contribution is -2.49. The van der Waals surface area contributed by atoms with E-state index >= 15 is 0 Å². The van der Waals surface area contributed by atoms with Crippen LogP contribution in [0, 0.1) is 17.6 Å². The van der Waals surface area contributed by atoms with Crippen LogP contribution >= 0.6 is 0 Å². The molecular weight excluding hydrogens is 438 g/mol. The van der Waals surface area contributed by atoms with E-state index in [-0.39, 0.29) is 12.5 Å². The van der Waals surface area contributed by atoms with Crippen LogP contribution in [-0.2, 0) is 14.9 Å². The Bertz CT molecular complexity index is 1120. The van der Waals surface area contributed by atoms with Crippen molar-refractivity contribution in [2.75, 3.05) is 26.2 Å². The second-order valence-electron chi connectivity index (χ2n) is 8.45. The van der Waals surface area contributed by atoms with Crippen molar-refractivity contribution in [2.24, 2.45) is 11.7 Å². The summed E-state index contributed by atoms with van der Waals surface area (Å²) in [5.41, 5.74) is 6.35. The van der Waals surface area contributed by atoms with Gasteiger partial charge in [0.2, 0.25) is 5.91 Å². The molecule has 1 saturated heterocycles. The molecule has 1 fully saturated rings. The van der Waals surface area contributed by atoms with Crippen molar-refractivity contribution in [3.05, 3.63) is 107 Å². The molecule has 5 nitrogen and oxygen atoms in total. The Morgan fingerprint density at radius 1 is 0.971 bits per heavy atom. The van der Waals surface area contributed by atoms with E-state index in [4.69, 9.17) is 10.5 Å². The predicted molar refractivity (Wildman–Crippen MR) is 124 cm³/mol. The number of rotatable bonds is 8. The van der Waals surface area contributed by atoms with Crippen molar-refractivity contribution in [3.8, 4) is 0 Å². The Morgan fingerprint density at radius 3 is 2.18 bits per heavy atom. The topological polar surface area (TPSA) is 72.6 Å². The Kier molecular flexibility index (Phi) is 7.03. The first-order chi connectivity index (χ1) is 16.4. The number of nitrogens with two attached hydrogens (primary N) is 1. The Morgan fingerprint density at radius 2 is 1.59 bits per heavy atom. The molecule has 0 spiro atoms. The van der Waals surface area contributed by atoms with Crippen molar-refractivity contribution in [1.29, 1.82) is 0 Å². The number of halogens is 2. The molecule has 176 valence electrons. The smallest absolute Gasteiger partial charge is 0.341 e. The quantitative estimate of drug-likeness (QED) is 0.513. The van der Waals surface area contributed by atoms with Gasteiger partial charge < -0.3 is 10.5 Å². The number of benzene rings is 3. The van der Waals surface area contributed by atoms with Crippen molar-refractivity contribution in [2.45, 2.75) is 11.8 Å². The molecule has 4 rings (SSSR count). The van der Waals surface area contributed by atoms with Gasteiger partial charge in [0.05, 0.1) is 5.56 Å². The number of likely N-dealkylation sites (tertiary alicyclic amines) is 1. The van der Waals surface area contributed by atoms with Gasteiger partial charge in [-0.1, -0.05) is 60.7 Å². The molecule has 3 aromatic rings. The molecule has 1 atom stereocenters. The fourth-order valence-electron chi connectivity index (χ4n) is 4.91. The number of amides is 1. The van der Waals surface area contributed by atoms with E-state index in [0.717, 1.165) is 35.7 Å². The number of esters is 1. The Labute approximate surface area is 197 Å². The number of primary amides is 1. The van der Waals surface area contributed by atoms with Gasteiger partial charge in [0, 0.05) is 13.1 Å². The van der Waals surface area contributed by atoms with Crippen LogP contribution in [0.3, 0.4) is 0 Å². The summed E-state index contributed by atoms with van der Waals surface area (Å²) in [5.74, 6) is -2.95. The van der Waals surface area contributed by atoms with Crippen LogP contribution in [-0.4, -0.2) is 43.0 Å². The number of hydrogen-bond donors (Lipinski definition) is 1. The van der Waals surface area contributed by atoms with Gasteiger partial charge in [0.25, 0.3) is 0 Å². The number of hydrogen-bond acceptors (Lipinski definition) is 4. The first kappa shape index (κ1) is 23.6. The maximum absolute atomic E-state index is 13.8. The van der Waals surface area contributed by atoms with Crippen molar-refractivity contribution in [3.63, 3.8) is 0 Å². The van der Waals surface area contributed by atoms with Crippen molar-refractivity contribution >= 4 is 11.9 Å². The molecule has 2 N–H and O–H groups in total. The van der Waals surface area contributed by atoms with E-state index in [1.807, 2.05) is 60.7 Å². The normalized spacial score (nSPS) is 16.4. The summed E-state index contributed by atoms with van der Waals surface area (Å²) in [6, 6.07) is 21.8. The van der Waals surface area contributed by atoms with Crippen LogP contribution in [0.25, 0.3) is 0 Å². The standard InChI is InChI=1S/C27H26F2N2O3/c28-22-11-12-24(29)23(17-22)25(32)34-16-15-31-14-13-21(18-31)27(26(30)33,19-7-3-1-4-8-19)20-9-5-2-6-10-20/h1-12,17,21H,13-16,18H2,(H2,30,33). The molecule has 0 saturated carbocycles. The van der Waals surface area contributed by atoms with E-state index < -0.39 is 34.5 Å². The molecule has 0 bridgehead atoms. The van der Waals surface area contributed by atoms with Gasteiger partial charge in [-0.25, -0.2) is 13.6 Å². The highest BCUT2D eigenvalue weighted by atomic mass is 19.1. The SMILES string of the molecule is NC(=O)C(c1ccccc1)(c1ccccc1)C1CCN(CCOC(=O)c2cc(F)ccc2F)C1. The van der Waals surface area contributed by atoms with Gasteiger partial charge in [-0.2, -0.15) is 0 Å². The molecule has 1 aliphatic rings. The molecule has 1 aliphatic heterocycles. The zero-order chi connectivity index (χ0) is 24.1. The van der Waals surface area contributed by atoms with E-state index in [9.17, 15) is 18.4 Å². The highest BCUT2D eigenvalue weighted by Crippen LogP contribution is 2.43. The lowest BCUT2D eigenvalue weighted by Gasteiger charge is -2.37. The third-order valence-corrected chi connectivity index (χ3v) is 6.52. The first-order valence-corrected chi connectivity index (χ1v) is 11.2. The lowest BCUT2D eigenvalue weighted by molar-refractivity contribution is -0.123. The molecular formula is C27H26F2N2O3. The molecule has 1 amide bonds. The fourth-order valence-corrected chi connectivity index (χ4v) is 4.91. The summed E-state index contributed by atoms with van der Waals surface area (Å²) in [7, 11) is 0. The lowest BCUT2D eigenvalue weighted by atomic mass is 9.64. The third kappa shape index (κ3) is 4.56. The summed E-state index contributed by atoms with van der Waals surface area (Å²) >= 11 is 0. The third-order valence-electron chi connectivity index (χ3n) is 6.52. The van der Waals surface area contributed by atoms with E-state index in [1.165, 1.54) is 0 Å². The predicted octanol–water partition coefficient (Wildman–Crippen LogP) is 3.92. The van der Waals surface area contributed by atoms with Crippen LogP contribution in [0.4, 0.5) is 8.78 Å². The number of carbonyl (C=O) groups excluding carboxylic acids is 2. The monoisotopic (exact) mass is 464 g/mol. The summed E-state index contributed by atoms with van der Waals surface area (Å²) < 4.78 is 32.3. The molecule has 34 heavy (non-hydrogen) atoms. The van der Waals surface area contributed by atoms with Crippen LogP contribution in [0.15, 0.2) is 78.9 Å². The molecule has 7 heteroatoms. The molecule has 1 heterocycles. The van der Waals surface area contributed by atoms with Gasteiger partial charge in [-0.3, -0.25) is 9.69 Å². The average Bonchev–Trinajstić information content (AvgIpc) is 3.31. The summed E-state index contributed by atoms with van der Waals surface area (Å²) in [6.45, 7) is 1.67. The maximum atomic E-state index is 13.8. The van der Waals surface area contributed by atoms with Crippen molar-refractivity contribution < 1.29 is 23.1 Å². The van der Waals surface area contributed by atoms with Crippen LogP contribution in [0.2, 0.25) is 0 Å². The minimum absolute atomic E-state index is 0.0156. The van der Waals surface area contributed by atoms with Crippen LogP contribution in [0.5, 0.6) is 0 Å². The van der Waals surface area contributed by atoms with Gasteiger partial charge in [-0.15, -0.1) is 0 Å². The maximum Gasteiger partial charge on any atom is 0.341 e. The Hall–Kier alpha value is -3.58. The van der Waals surface area contributed by atoms with E-state index in [0.29, 0.717) is 19.6 Å². The van der Waals surface area contributed by atoms with E-state index in [1.54, 1.807) is 0 Å². The van der Waals surface area contributed by atoms with Gasteiger partial charge >= 0.3 is 5.97 Å². The summed E-state index contributed by atoms with van der Waals surface area (Å²) in [5, 5.41) is 0. The zero-order valence-corrected chi connectivity index (χ0v) is 18.6.